The maximum absolute atomic E-state index is 13.0. The van der Waals surface area contributed by atoms with Crippen molar-refractivity contribution >= 4 is 35.4 Å². The summed E-state index contributed by atoms with van der Waals surface area (Å²) >= 11 is 0. The summed E-state index contributed by atoms with van der Waals surface area (Å²) < 4.78 is 5.18. The third-order valence-electron chi connectivity index (χ3n) is 5.37. The molecule has 0 aliphatic carbocycles. The van der Waals surface area contributed by atoms with Gasteiger partial charge in [-0.1, -0.05) is 43.3 Å². The van der Waals surface area contributed by atoms with E-state index in [9.17, 15) is 19.6 Å². The highest BCUT2D eigenvalue weighted by Crippen LogP contribution is 2.26. The third-order valence-corrected chi connectivity index (χ3v) is 5.37. The summed E-state index contributed by atoms with van der Waals surface area (Å²) in [5.74, 6) is -1.67. The molecule has 1 aromatic heterocycles. The number of ether oxygens (including phenoxy) is 1. The SMILES string of the molecule is COCC1(C(=O)NC(CC(C)C)B(O)O)CC(CNC(=O)c2nccc3ccccc23)=NO1. The molecule has 2 atom stereocenters. The van der Waals surface area contributed by atoms with Crippen LogP contribution in [-0.2, 0) is 14.4 Å². The molecule has 0 spiro atoms. The van der Waals surface area contributed by atoms with Gasteiger partial charge in [-0.25, -0.2) is 0 Å². The van der Waals surface area contributed by atoms with Gasteiger partial charge in [0.2, 0.25) is 5.60 Å². The molecule has 2 aromatic rings. The minimum atomic E-state index is -1.72. The van der Waals surface area contributed by atoms with E-state index in [2.05, 4.69) is 20.8 Å². The molecule has 0 fully saturated rings. The first-order chi connectivity index (χ1) is 15.8. The Labute approximate surface area is 192 Å². The zero-order valence-corrected chi connectivity index (χ0v) is 18.9. The van der Waals surface area contributed by atoms with Crippen LogP contribution in [0.1, 0.15) is 37.2 Å². The van der Waals surface area contributed by atoms with E-state index < -0.39 is 24.6 Å². The van der Waals surface area contributed by atoms with Crippen molar-refractivity contribution in [1.82, 2.24) is 15.6 Å². The molecule has 1 aliphatic rings. The fourth-order valence-corrected chi connectivity index (χ4v) is 3.77. The van der Waals surface area contributed by atoms with E-state index in [1.165, 1.54) is 7.11 Å². The number of methoxy groups -OCH3 is 1. The fraction of sp³-hybridized carbons (Fsp3) is 0.455. The smallest absolute Gasteiger partial charge is 0.426 e. The van der Waals surface area contributed by atoms with Gasteiger partial charge in [0, 0.05) is 25.1 Å². The summed E-state index contributed by atoms with van der Waals surface area (Å²) in [6.07, 6.45) is 2.02. The lowest BCUT2D eigenvalue weighted by atomic mass is 9.74. The van der Waals surface area contributed by atoms with Crippen LogP contribution in [0.4, 0.5) is 0 Å². The number of oxime groups is 1. The number of pyridine rings is 1. The van der Waals surface area contributed by atoms with Crippen LogP contribution < -0.4 is 10.6 Å². The molecule has 10 nitrogen and oxygen atoms in total. The van der Waals surface area contributed by atoms with Crippen LogP contribution in [-0.4, -0.2) is 71.5 Å². The van der Waals surface area contributed by atoms with Crippen molar-refractivity contribution in [3.63, 3.8) is 0 Å². The van der Waals surface area contributed by atoms with Crippen LogP contribution in [0.25, 0.3) is 10.8 Å². The average Bonchev–Trinajstić information content (AvgIpc) is 3.20. The van der Waals surface area contributed by atoms with Crippen LogP contribution in [0.5, 0.6) is 0 Å². The van der Waals surface area contributed by atoms with E-state index in [1.54, 1.807) is 6.20 Å². The Morgan fingerprint density at radius 2 is 2.03 bits per heavy atom. The number of hydrogen-bond acceptors (Lipinski definition) is 8. The molecule has 4 N–H and O–H groups in total. The number of aromatic nitrogens is 1. The second kappa shape index (κ2) is 10.7. The molecular formula is C22H29BN4O6. The van der Waals surface area contributed by atoms with E-state index in [1.807, 2.05) is 44.2 Å². The number of benzene rings is 1. The average molecular weight is 456 g/mol. The van der Waals surface area contributed by atoms with Crippen LogP contribution in [0.2, 0.25) is 0 Å². The Bertz CT molecular complexity index is 1030. The predicted octanol–water partition coefficient (Wildman–Crippen LogP) is 0.669. The largest absolute Gasteiger partial charge is 0.475 e. The Hall–Kier alpha value is -3.02. The number of carbonyl (C=O) groups excluding carboxylic acids is 2. The van der Waals surface area contributed by atoms with Gasteiger partial charge in [-0.05, 0) is 23.8 Å². The van der Waals surface area contributed by atoms with Crippen molar-refractivity contribution < 1.29 is 29.2 Å². The molecule has 1 aromatic carbocycles. The van der Waals surface area contributed by atoms with Gasteiger partial charge in [0.15, 0.2) is 0 Å². The summed E-state index contributed by atoms with van der Waals surface area (Å²) in [5.41, 5.74) is -0.723. The molecule has 2 unspecified atom stereocenters. The van der Waals surface area contributed by atoms with Gasteiger partial charge >= 0.3 is 7.12 Å². The van der Waals surface area contributed by atoms with Crippen molar-refractivity contribution in [1.29, 1.82) is 0 Å². The van der Waals surface area contributed by atoms with Gasteiger partial charge in [-0.15, -0.1) is 0 Å². The van der Waals surface area contributed by atoms with Crippen LogP contribution >= 0.6 is 0 Å². The predicted molar refractivity (Wildman–Crippen MR) is 123 cm³/mol. The number of nitrogens with one attached hydrogen (secondary N) is 2. The summed E-state index contributed by atoms with van der Waals surface area (Å²) in [6, 6.07) is 9.27. The molecule has 0 saturated carbocycles. The normalized spacial score (nSPS) is 18.5. The van der Waals surface area contributed by atoms with E-state index in [0.717, 1.165) is 10.8 Å². The first-order valence-corrected chi connectivity index (χ1v) is 10.8. The number of amides is 2. The van der Waals surface area contributed by atoms with Crippen molar-refractivity contribution in [2.45, 2.75) is 38.2 Å². The van der Waals surface area contributed by atoms with Gasteiger partial charge in [0.05, 0.1) is 24.8 Å². The zero-order valence-electron chi connectivity index (χ0n) is 18.9. The van der Waals surface area contributed by atoms with Gasteiger partial charge < -0.3 is 30.3 Å². The summed E-state index contributed by atoms with van der Waals surface area (Å²) in [7, 11) is -0.290. The first kappa shape index (κ1) is 24.6. The molecule has 33 heavy (non-hydrogen) atoms. The molecule has 0 bridgehead atoms. The van der Waals surface area contributed by atoms with Gasteiger partial charge in [0.1, 0.15) is 5.69 Å². The van der Waals surface area contributed by atoms with Gasteiger partial charge in [0.25, 0.3) is 11.8 Å². The van der Waals surface area contributed by atoms with E-state index in [0.29, 0.717) is 17.8 Å². The minimum Gasteiger partial charge on any atom is -0.426 e. The Morgan fingerprint density at radius 1 is 1.27 bits per heavy atom. The molecule has 1 aliphatic heterocycles. The number of rotatable bonds is 10. The lowest BCUT2D eigenvalue weighted by Gasteiger charge is -2.28. The summed E-state index contributed by atoms with van der Waals surface area (Å²) in [4.78, 5) is 35.4. The van der Waals surface area contributed by atoms with Crippen LogP contribution in [0, 0.1) is 5.92 Å². The number of hydrogen-bond donors (Lipinski definition) is 4. The van der Waals surface area contributed by atoms with Crippen molar-refractivity contribution in [2.75, 3.05) is 20.3 Å². The Balaban J connectivity index is 1.65. The maximum atomic E-state index is 13.0. The van der Waals surface area contributed by atoms with Gasteiger partial charge in [-0.3, -0.25) is 14.6 Å². The number of fused-ring (bicyclic) bond motifs is 1. The lowest BCUT2D eigenvalue weighted by Crippen LogP contribution is -2.57. The van der Waals surface area contributed by atoms with Gasteiger partial charge in [-0.2, -0.15) is 0 Å². The van der Waals surface area contributed by atoms with E-state index in [4.69, 9.17) is 9.57 Å². The maximum Gasteiger partial charge on any atom is 0.475 e. The molecular weight excluding hydrogens is 427 g/mol. The first-order valence-electron chi connectivity index (χ1n) is 10.8. The molecule has 0 saturated heterocycles. The molecule has 3 rings (SSSR count). The number of carbonyl (C=O) groups is 2. The molecule has 0 radical (unpaired) electrons. The quantitative estimate of drug-likeness (QED) is 0.385. The van der Waals surface area contributed by atoms with Crippen LogP contribution in [0.3, 0.4) is 0 Å². The van der Waals surface area contributed by atoms with Crippen molar-refractivity contribution in [3.8, 4) is 0 Å². The second-order valence-corrected chi connectivity index (χ2v) is 8.54. The Kier molecular flexibility index (Phi) is 8.01. The highest BCUT2D eigenvalue weighted by atomic mass is 16.7. The summed E-state index contributed by atoms with van der Waals surface area (Å²) in [6.45, 7) is 3.78. The Morgan fingerprint density at radius 3 is 2.73 bits per heavy atom. The number of nitrogens with zero attached hydrogens (tertiary/aromatic N) is 2. The van der Waals surface area contributed by atoms with E-state index >= 15 is 0 Å². The van der Waals surface area contributed by atoms with Crippen molar-refractivity contribution in [3.05, 3.63) is 42.2 Å². The fourth-order valence-electron chi connectivity index (χ4n) is 3.77. The molecule has 2 amide bonds. The monoisotopic (exact) mass is 456 g/mol. The molecule has 2 heterocycles. The zero-order chi connectivity index (χ0) is 24.0. The summed E-state index contributed by atoms with van der Waals surface area (Å²) in [5, 5.41) is 30.3. The standard InChI is InChI=1S/C22H29BN4O6/c1-14(2)10-18(23(30)31)26-21(29)22(13-32-3)11-16(27-33-22)12-25-20(28)19-17-7-5-4-6-15(17)8-9-24-19/h4-9,14,18,30-31H,10-13H2,1-3H3,(H,25,28)(H,26,29). The van der Waals surface area contributed by atoms with Crippen molar-refractivity contribution in [2.24, 2.45) is 11.1 Å². The highest BCUT2D eigenvalue weighted by Gasteiger charge is 2.48. The van der Waals surface area contributed by atoms with E-state index in [-0.39, 0.29) is 31.4 Å². The third kappa shape index (κ3) is 5.87. The lowest BCUT2D eigenvalue weighted by molar-refractivity contribution is -0.151. The minimum absolute atomic E-state index is 0.0561. The van der Waals surface area contributed by atoms with Crippen LogP contribution in [0.15, 0.2) is 41.7 Å². The second-order valence-electron chi connectivity index (χ2n) is 8.54. The molecule has 11 heteroatoms. The molecule has 176 valence electrons. The topological polar surface area (TPSA) is 142 Å². The highest BCUT2D eigenvalue weighted by molar-refractivity contribution is 6.43.